The van der Waals surface area contributed by atoms with Crippen molar-refractivity contribution in [3.63, 3.8) is 0 Å². The molecular formula is C35H44N6O4. The Labute approximate surface area is 265 Å². The Morgan fingerprint density at radius 1 is 1.02 bits per heavy atom. The van der Waals surface area contributed by atoms with Crippen LogP contribution in [-0.2, 0) is 20.9 Å². The highest BCUT2D eigenvalue weighted by atomic mass is 16.8. The van der Waals surface area contributed by atoms with Crippen LogP contribution in [0.4, 0.5) is 4.79 Å². The highest BCUT2D eigenvalue weighted by Crippen LogP contribution is 2.34. The smallest absolute Gasteiger partial charge is 0.427 e. The number of carbonyl (C=O) groups is 1. The van der Waals surface area contributed by atoms with Crippen molar-refractivity contribution >= 4 is 17.2 Å². The Morgan fingerprint density at radius 2 is 1.78 bits per heavy atom. The molecule has 0 saturated carbocycles. The van der Waals surface area contributed by atoms with Gasteiger partial charge in [-0.2, -0.15) is 5.10 Å². The van der Waals surface area contributed by atoms with Gasteiger partial charge in [0.15, 0.2) is 0 Å². The highest BCUT2D eigenvalue weighted by Gasteiger charge is 2.28. The predicted molar refractivity (Wildman–Crippen MR) is 174 cm³/mol. The van der Waals surface area contributed by atoms with Crippen molar-refractivity contribution in [3.05, 3.63) is 65.1 Å². The number of benzene rings is 2. The summed E-state index contributed by atoms with van der Waals surface area (Å²) in [6.07, 6.45) is 2.81. The zero-order chi connectivity index (χ0) is 31.7. The van der Waals surface area contributed by atoms with Crippen LogP contribution in [0.1, 0.15) is 62.2 Å². The van der Waals surface area contributed by atoms with Gasteiger partial charge in [0.05, 0.1) is 47.9 Å². The number of hydrogen-bond donors (Lipinski definition) is 0. The number of aryl methyl sites for hydroxylation is 2. The van der Waals surface area contributed by atoms with Crippen LogP contribution in [0.15, 0.2) is 42.6 Å². The number of rotatable bonds is 6. The van der Waals surface area contributed by atoms with Crippen LogP contribution in [0.2, 0.25) is 0 Å². The molecular weight excluding hydrogens is 568 g/mol. The molecule has 6 rings (SSSR count). The van der Waals surface area contributed by atoms with Crippen molar-refractivity contribution in [2.24, 2.45) is 0 Å². The van der Waals surface area contributed by atoms with Gasteiger partial charge in [-0.15, -0.1) is 5.06 Å². The number of hydrogen-bond acceptors (Lipinski definition) is 9. The lowest BCUT2D eigenvalue weighted by Gasteiger charge is -2.31. The van der Waals surface area contributed by atoms with Crippen LogP contribution < -0.4 is 0 Å². The minimum Gasteiger partial charge on any atom is -0.427 e. The van der Waals surface area contributed by atoms with Crippen molar-refractivity contribution < 1.29 is 19.1 Å². The Hall–Kier alpha value is -3.86. The first-order chi connectivity index (χ1) is 21.6. The SMILES string of the molecule is Cc1cc(-c2cccc3ncc(-c4c(C)nn(C5CCN(OC(=O)OC(C)(C)C)CC5)c4C)nc23)ccc1CN1CCOCC1. The molecule has 2 aliphatic rings. The van der Waals surface area contributed by atoms with Gasteiger partial charge in [-0.05, 0) is 77.1 Å². The van der Waals surface area contributed by atoms with Crippen molar-refractivity contribution in [1.29, 1.82) is 0 Å². The molecule has 4 aromatic rings. The second-order valence-corrected chi connectivity index (χ2v) is 13.2. The number of ether oxygens (including phenoxy) is 2. The topological polar surface area (TPSA) is 94.8 Å². The summed E-state index contributed by atoms with van der Waals surface area (Å²) in [6.45, 7) is 17.5. The Kier molecular flexibility index (Phi) is 8.90. The van der Waals surface area contributed by atoms with E-state index in [4.69, 9.17) is 29.4 Å². The van der Waals surface area contributed by atoms with Crippen LogP contribution in [-0.4, -0.2) is 80.9 Å². The fraction of sp³-hybridized carbons (Fsp3) is 0.486. The molecule has 2 saturated heterocycles. The van der Waals surface area contributed by atoms with Crippen molar-refractivity contribution in [3.8, 4) is 22.4 Å². The molecule has 10 nitrogen and oxygen atoms in total. The number of piperidine rings is 1. The van der Waals surface area contributed by atoms with Crippen LogP contribution in [0.25, 0.3) is 33.4 Å². The van der Waals surface area contributed by atoms with E-state index in [2.05, 4.69) is 53.8 Å². The summed E-state index contributed by atoms with van der Waals surface area (Å²) < 4.78 is 12.9. The average molecular weight is 613 g/mol. The van der Waals surface area contributed by atoms with E-state index in [-0.39, 0.29) is 6.04 Å². The van der Waals surface area contributed by atoms with Gasteiger partial charge in [0.2, 0.25) is 0 Å². The lowest BCUT2D eigenvalue weighted by molar-refractivity contribution is -0.154. The van der Waals surface area contributed by atoms with Gasteiger partial charge in [0, 0.05) is 49.5 Å². The largest absolute Gasteiger partial charge is 0.528 e. The number of aromatic nitrogens is 4. The summed E-state index contributed by atoms with van der Waals surface area (Å²) in [5.74, 6) is 0. The van der Waals surface area contributed by atoms with Crippen molar-refractivity contribution in [1.82, 2.24) is 29.7 Å². The van der Waals surface area contributed by atoms with Gasteiger partial charge in [0.1, 0.15) is 5.60 Å². The zero-order valence-electron chi connectivity index (χ0n) is 27.3. The molecule has 0 spiro atoms. The monoisotopic (exact) mass is 612 g/mol. The summed E-state index contributed by atoms with van der Waals surface area (Å²) in [6, 6.07) is 13.1. The van der Waals surface area contributed by atoms with Crippen molar-refractivity contribution in [2.75, 3.05) is 39.4 Å². The zero-order valence-corrected chi connectivity index (χ0v) is 27.3. The molecule has 238 valence electrons. The first-order valence-corrected chi connectivity index (χ1v) is 15.9. The quantitative estimate of drug-likeness (QED) is 0.229. The number of carbonyl (C=O) groups excluding carboxylic acids is 1. The summed E-state index contributed by atoms with van der Waals surface area (Å²) in [5.41, 5.74) is 9.82. The van der Waals surface area contributed by atoms with E-state index in [9.17, 15) is 4.79 Å². The lowest BCUT2D eigenvalue weighted by Crippen LogP contribution is -2.38. The van der Waals surface area contributed by atoms with E-state index < -0.39 is 11.8 Å². The van der Waals surface area contributed by atoms with E-state index in [0.29, 0.717) is 13.1 Å². The molecule has 0 atom stereocenters. The van der Waals surface area contributed by atoms with Crippen LogP contribution >= 0.6 is 0 Å². The average Bonchev–Trinajstić information content (AvgIpc) is 3.30. The molecule has 0 amide bonds. The molecule has 2 aromatic heterocycles. The summed E-state index contributed by atoms with van der Waals surface area (Å²) >= 11 is 0. The third-order valence-electron chi connectivity index (χ3n) is 8.67. The maximum Gasteiger partial charge on any atom is 0.528 e. The molecule has 0 bridgehead atoms. The second kappa shape index (κ2) is 12.9. The summed E-state index contributed by atoms with van der Waals surface area (Å²) in [7, 11) is 0. The molecule has 0 N–H and O–H groups in total. The molecule has 2 aromatic carbocycles. The molecule has 45 heavy (non-hydrogen) atoms. The molecule has 0 aliphatic carbocycles. The van der Waals surface area contributed by atoms with E-state index >= 15 is 0 Å². The third-order valence-corrected chi connectivity index (χ3v) is 8.67. The minimum absolute atomic E-state index is 0.193. The van der Waals surface area contributed by atoms with E-state index in [1.807, 2.05) is 40.0 Å². The Balaban J connectivity index is 1.22. The maximum atomic E-state index is 12.1. The van der Waals surface area contributed by atoms with Gasteiger partial charge < -0.3 is 14.3 Å². The van der Waals surface area contributed by atoms with Gasteiger partial charge in [-0.3, -0.25) is 14.6 Å². The van der Waals surface area contributed by atoms with Crippen molar-refractivity contribution in [2.45, 2.75) is 72.6 Å². The molecule has 0 radical (unpaired) electrons. The normalized spacial score (nSPS) is 17.1. The fourth-order valence-corrected chi connectivity index (χ4v) is 6.37. The molecule has 10 heteroatoms. The Morgan fingerprint density at radius 3 is 2.49 bits per heavy atom. The molecule has 2 fully saturated rings. The van der Waals surface area contributed by atoms with Crippen LogP contribution in [0.5, 0.6) is 0 Å². The predicted octanol–water partition coefficient (Wildman–Crippen LogP) is 6.42. The molecule has 2 aliphatic heterocycles. The lowest BCUT2D eigenvalue weighted by atomic mass is 9.98. The van der Waals surface area contributed by atoms with Gasteiger partial charge in [-0.25, -0.2) is 9.78 Å². The standard InChI is InChI=1S/C35H44N6O4/c1-23-20-26(10-11-27(23)22-39-16-18-43-19-17-39)29-8-7-9-30-33(29)37-31(21-36-30)32-24(2)38-41(25(32)3)28-12-14-40(15-13-28)45-34(42)44-35(4,5)6/h7-11,20-21,28H,12-19,22H2,1-6H3. The van der Waals surface area contributed by atoms with Crippen LogP contribution in [0.3, 0.4) is 0 Å². The van der Waals surface area contributed by atoms with Crippen LogP contribution in [0, 0.1) is 20.8 Å². The number of morpholine rings is 1. The van der Waals surface area contributed by atoms with E-state index in [0.717, 1.165) is 90.5 Å². The summed E-state index contributed by atoms with van der Waals surface area (Å²) in [4.78, 5) is 30.1. The first kappa shape index (κ1) is 31.1. The minimum atomic E-state index is -0.664. The van der Waals surface area contributed by atoms with E-state index in [1.165, 1.54) is 11.1 Å². The second-order valence-electron chi connectivity index (χ2n) is 13.2. The number of nitrogens with zero attached hydrogens (tertiary/aromatic N) is 6. The van der Waals surface area contributed by atoms with Gasteiger partial charge in [0.25, 0.3) is 0 Å². The van der Waals surface area contributed by atoms with Gasteiger partial charge >= 0.3 is 6.16 Å². The highest BCUT2D eigenvalue weighted by molar-refractivity contribution is 5.92. The number of para-hydroxylation sites is 1. The third kappa shape index (κ3) is 7.03. The number of fused-ring (bicyclic) bond motifs is 1. The first-order valence-electron chi connectivity index (χ1n) is 15.9. The Bertz CT molecular complexity index is 1680. The molecule has 4 heterocycles. The van der Waals surface area contributed by atoms with Gasteiger partial charge in [-0.1, -0.05) is 30.3 Å². The molecule has 0 unspecified atom stereocenters. The maximum absolute atomic E-state index is 12.1. The number of hydroxylamine groups is 2. The van der Waals surface area contributed by atoms with E-state index in [1.54, 1.807) is 5.06 Å². The fourth-order valence-electron chi connectivity index (χ4n) is 6.37. The summed E-state index contributed by atoms with van der Waals surface area (Å²) in [5, 5.41) is 6.65.